The van der Waals surface area contributed by atoms with Crippen molar-refractivity contribution in [3.8, 4) is 0 Å². The number of benzene rings is 1. The standard InChI is InChI=1S/C15H18N4OS/c20-15(13-8-12-14(9-17-13)19-10-18-12)16-6-7-21-11-4-2-1-3-5-11/h1-5,10,13,17H,6-9H2,(H,16,20)(H,18,19). The van der Waals surface area contributed by atoms with Crippen LogP contribution in [0.5, 0.6) is 0 Å². The van der Waals surface area contributed by atoms with Crippen molar-refractivity contribution in [2.24, 2.45) is 0 Å². The van der Waals surface area contributed by atoms with Crippen LogP contribution in [0.4, 0.5) is 0 Å². The van der Waals surface area contributed by atoms with Crippen LogP contribution in [0.3, 0.4) is 0 Å². The first-order valence-corrected chi connectivity index (χ1v) is 8.01. The van der Waals surface area contributed by atoms with Crippen molar-refractivity contribution in [2.45, 2.75) is 23.9 Å². The number of carbonyl (C=O) groups excluding carboxylic acids is 1. The lowest BCUT2D eigenvalue weighted by molar-refractivity contribution is -0.123. The summed E-state index contributed by atoms with van der Waals surface area (Å²) in [5.74, 6) is 0.924. The molecule has 0 saturated heterocycles. The van der Waals surface area contributed by atoms with E-state index in [4.69, 9.17) is 0 Å². The van der Waals surface area contributed by atoms with E-state index in [0.29, 0.717) is 19.5 Å². The van der Waals surface area contributed by atoms with Gasteiger partial charge in [-0.2, -0.15) is 0 Å². The van der Waals surface area contributed by atoms with Crippen molar-refractivity contribution in [2.75, 3.05) is 12.3 Å². The van der Waals surface area contributed by atoms with Crippen LogP contribution in [-0.2, 0) is 17.8 Å². The zero-order chi connectivity index (χ0) is 14.5. The lowest BCUT2D eigenvalue weighted by Gasteiger charge is -2.22. The van der Waals surface area contributed by atoms with Crippen LogP contribution in [0.15, 0.2) is 41.6 Å². The fourth-order valence-electron chi connectivity index (χ4n) is 2.34. The van der Waals surface area contributed by atoms with Crippen molar-refractivity contribution >= 4 is 17.7 Å². The van der Waals surface area contributed by atoms with Gasteiger partial charge in [-0.15, -0.1) is 11.8 Å². The number of carbonyl (C=O) groups is 1. The van der Waals surface area contributed by atoms with Gasteiger partial charge in [-0.3, -0.25) is 10.1 Å². The Hall–Kier alpha value is -1.79. The highest BCUT2D eigenvalue weighted by atomic mass is 32.2. The Kier molecular flexibility index (Phi) is 4.57. The number of hydrogen-bond acceptors (Lipinski definition) is 4. The highest BCUT2D eigenvalue weighted by Crippen LogP contribution is 2.16. The maximum atomic E-state index is 12.1. The molecule has 3 N–H and O–H groups in total. The second-order valence-corrected chi connectivity index (χ2v) is 6.09. The van der Waals surface area contributed by atoms with E-state index in [-0.39, 0.29) is 11.9 Å². The Bertz CT molecular complexity index is 599. The zero-order valence-electron chi connectivity index (χ0n) is 11.6. The molecule has 1 aromatic carbocycles. The van der Waals surface area contributed by atoms with Gasteiger partial charge in [-0.25, -0.2) is 4.98 Å². The molecule has 21 heavy (non-hydrogen) atoms. The number of aromatic amines is 1. The molecule has 1 aliphatic rings. The van der Waals surface area contributed by atoms with Gasteiger partial charge in [0.25, 0.3) is 0 Å². The first-order chi connectivity index (χ1) is 10.3. The summed E-state index contributed by atoms with van der Waals surface area (Å²) in [4.78, 5) is 20.7. The molecule has 1 aliphatic heterocycles. The molecule has 0 aliphatic carbocycles. The van der Waals surface area contributed by atoms with Gasteiger partial charge in [-0.05, 0) is 12.1 Å². The van der Waals surface area contributed by atoms with Crippen molar-refractivity contribution < 1.29 is 4.79 Å². The van der Waals surface area contributed by atoms with Crippen LogP contribution in [0, 0.1) is 0 Å². The summed E-state index contributed by atoms with van der Waals surface area (Å²) in [7, 11) is 0. The maximum Gasteiger partial charge on any atom is 0.237 e. The van der Waals surface area contributed by atoms with Crippen LogP contribution in [0.2, 0.25) is 0 Å². The van der Waals surface area contributed by atoms with Crippen molar-refractivity contribution in [3.05, 3.63) is 48.0 Å². The van der Waals surface area contributed by atoms with Gasteiger partial charge in [0.1, 0.15) is 0 Å². The number of imidazole rings is 1. The predicted molar refractivity (Wildman–Crippen MR) is 83.1 cm³/mol. The Morgan fingerprint density at radius 1 is 1.38 bits per heavy atom. The molecule has 1 unspecified atom stereocenters. The number of rotatable bonds is 5. The topological polar surface area (TPSA) is 69.8 Å². The van der Waals surface area contributed by atoms with Gasteiger partial charge >= 0.3 is 0 Å². The second-order valence-electron chi connectivity index (χ2n) is 4.92. The number of aromatic nitrogens is 2. The smallest absolute Gasteiger partial charge is 0.237 e. The van der Waals surface area contributed by atoms with E-state index in [1.165, 1.54) is 4.90 Å². The summed E-state index contributed by atoms with van der Waals surface area (Å²) in [6.07, 6.45) is 2.33. The second kappa shape index (κ2) is 6.78. The molecule has 110 valence electrons. The molecule has 2 heterocycles. The fraction of sp³-hybridized carbons (Fsp3) is 0.333. The molecule has 5 nitrogen and oxygen atoms in total. The third kappa shape index (κ3) is 3.65. The highest BCUT2D eigenvalue weighted by Gasteiger charge is 2.25. The molecule has 3 rings (SSSR count). The van der Waals surface area contributed by atoms with E-state index in [9.17, 15) is 4.79 Å². The van der Waals surface area contributed by atoms with Crippen LogP contribution < -0.4 is 10.6 Å². The zero-order valence-corrected chi connectivity index (χ0v) is 12.5. The number of nitrogens with one attached hydrogen (secondary N) is 3. The van der Waals surface area contributed by atoms with Crippen molar-refractivity contribution in [3.63, 3.8) is 0 Å². The van der Waals surface area contributed by atoms with Crippen LogP contribution in [0.1, 0.15) is 11.4 Å². The molecule has 0 bridgehead atoms. The number of fused-ring (bicyclic) bond motifs is 1. The van der Waals surface area contributed by atoms with E-state index in [0.717, 1.165) is 17.1 Å². The molecule has 1 atom stereocenters. The Morgan fingerprint density at radius 3 is 3.10 bits per heavy atom. The molecule has 0 radical (unpaired) electrons. The summed E-state index contributed by atoms with van der Waals surface area (Å²) in [6.45, 7) is 1.34. The lowest BCUT2D eigenvalue weighted by atomic mass is 10.1. The first kappa shape index (κ1) is 14.2. The summed E-state index contributed by atoms with van der Waals surface area (Å²) in [5, 5.41) is 6.22. The van der Waals surface area contributed by atoms with Gasteiger partial charge < -0.3 is 10.3 Å². The van der Waals surface area contributed by atoms with E-state index in [1.807, 2.05) is 18.2 Å². The quantitative estimate of drug-likeness (QED) is 0.576. The molecule has 6 heteroatoms. The Balaban J connectivity index is 1.41. The predicted octanol–water partition coefficient (Wildman–Crippen LogP) is 1.33. The van der Waals surface area contributed by atoms with Crippen LogP contribution in [0.25, 0.3) is 0 Å². The summed E-state index contributed by atoms with van der Waals surface area (Å²) >= 11 is 1.75. The van der Waals surface area contributed by atoms with E-state index >= 15 is 0 Å². The number of hydrogen-bond donors (Lipinski definition) is 3. The number of H-pyrrole nitrogens is 1. The lowest BCUT2D eigenvalue weighted by Crippen LogP contribution is -2.48. The van der Waals surface area contributed by atoms with E-state index in [1.54, 1.807) is 18.1 Å². The van der Waals surface area contributed by atoms with Crippen molar-refractivity contribution in [1.82, 2.24) is 20.6 Å². The summed E-state index contributed by atoms with van der Waals surface area (Å²) in [6, 6.07) is 10.0. The maximum absolute atomic E-state index is 12.1. The molecule has 1 aromatic heterocycles. The summed E-state index contributed by atoms with van der Waals surface area (Å²) < 4.78 is 0. The number of nitrogens with zero attached hydrogens (tertiary/aromatic N) is 1. The van der Waals surface area contributed by atoms with Gasteiger partial charge in [0.05, 0.1) is 23.8 Å². The molecular formula is C15H18N4OS. The normalized spacial score (nSPS) is 17.2. The van der Waals surface area contributed by atoms with E-state index < -0.39 is 0 Å². The monoisotopic (exact) mass is 302 g/mol. The molecule has 0 saturated carbocycles. The number of amides is 1. The SMILES string of the molecule is O=C(NCCSc1ccccc1)C1Cc2nc[nH]c2CN1. The molecule has 0 spiro atoms. The minimum Gasteiger partial charge on any atom is -0.354 e. The number of thioether (sulfide) groups is 1. The first-order valence-electron chi connectivity index (χ1n) is 7.03. The van der Waals surface area contributed by atoms with Gasteiger partial charge in [0.2, 0.25) is 5.91 Å². The molecule has 2 aromatic rings. The van der Waals surface area contributed by atoms with Gasteiger partial charge in [-0.1, -0.05) is 18.2 Å². The average molecular weight is 302 g/mol. The van der Waals surface area contributed by atoms with Crippen molar-refractivity contribution in [1.29, 1.82) is 0 Å². The van der Waals surface area contributed by atoms with Crippen LogP contribution >= 0.6 is 11.8 Å². The highest BCUT2D eigenvalue weighted by molar-refractivity contribution is 7.99. The molecule has 0 fully saturated rings. The average Bonchev–Trinajstić information content (AvgIpc) is 3.00. The Labute approximate surface area is 127 Å². The molecule has 1 amide bonds. The van der Waals surface area contributed by atoms with E-state index in [2.05, 4.69) is 32.7 Å². The summed E-state index contributed by atoms with van der Waals surface area (Å²) in [5.41, 5.74) is 2.08. The third-order valence-corrected chi connectivity index (χ3v) is 4.47. The molecular weight excluding hydrogens is 284 g/mol. The van der Waals surface area contributed by atoms with Gasteiger partial charge in [0, 0.05) is 30.2 Å². The largest absolute Gasteiger partial charge is 0.354 e. The minimum atomic E-state index is -0.178. The Morgan fingerprint density at radius 2 is 2.24 bits per heavy atom. The van der Waals surface area contributed by atoms with Crippen LogP contribution in [-0.4, -0.2) is 34.2 Å². The third-order valence-electron chi connectivity index (χ3n) is 3.46. The minimum absolute atomic E-state index is 0.0531. The fourth-order valence-corrected chi connectivity index (χ4v) is 3.13. The van der Waals surface area contributed by atoms with Gasteiger partial charge in [0.15, 0.2) is 0 Å².